The molecule has 0 aromatic carbocycles. The van der Waals surface area contributed by atoms with Gasteiger partial charge in [-0.25, -0.2) is 4.98 Å². The monoisotopic (exact) mass is 393 g/mol. The SMILES string of the molecule is CCCOC(=O)C(CSSc1ccccn1)SC(=S)SCC. The maximum absolute atomic E-state index is 12.1. The molecule has 1 rings (SSSR count). The molecular weight excluding hydrogens is 374 g/mol. The molecule has 0 spiro atoms. The molecule has 122 valence electrons. The normalized spacial score (nSPS) is 11.9. The van der Waals surface area contributed by atoms with Crippen molar-refractivity contribution in [3.63, 3.8) is 0 Å². The van der Waals surface area contributed by atoms with Crippen molar-refractivity contribution in [2.45, 2.75) is 30.5 Å². The van der Waals surface area contributed by atoms with Crippen molar-refractivity contribution in [2.75, 3.05) is 18.1 Å². The number of esters is 1. The van der Waals surface area contributed by atoms with Gasteiger partial charge in [-0.1, -0.05) is 54.7 Å². The molecule has 1 aromatic rings. The Hall–Kier alpha value is 0.110. The molecule has 22 heavy (non-hydrogen) atoms. The first-order chi connectivity index (χ1) is 10.7. The predicted molar refractivity (Wildman–Crippen MR) is 106 cm³/mol. The van der Waals surface area contributed by atoms with Gasteiger partial charge in [0.25, 0.3) is 0 Å². The molecule has 8 heteroatoms. The molecule has 0 radical (unpaired) electrons. The van der Waals surface area contributed by atoms with Crippen molar-refractivity contribution in [1.82, 2.24) is 4.98 Å². The Morgan fingerprint density at radius 3 is 2.86 bits per heavy atom. The van der Waals surface area contributed by atoms with Crippen molar-refractivity contribution < 1.29 is 9.53 Å². The summed E-state index contributed by atoms with van der Waals surface area (Å²) in [5, 5.41) is 0.669. The quantitative estimate of drug-likeness (QED) is 0.333. The molecule has 0 bridgehead atoms. The summed E-state index contributed by atoms with van der Waals surface area (Å²) in [7, 11) is 3.16. The number of nitrogens with zero attached hydrogens (tertiary/aromatic N) is 1. The lowest BCUT2D eigenvalue weighted by Crippen LogP contribution is -2.23. The zero-order valence-electron chi connectivity index (χ0n) is 12.5. The van der Waals surface area contributed by atoms with E-state index in [4.69, 9.17) is 17.0 Å². The fourth-order valence-corrected chi connectivity index (χ4v) is 6.27. The fraction of sp³-hybridized carbons (Fsp3) is 0.500. The summed E-state index contributed by atoms with van der Waals surface area (Å²) in [5.74, 6) is 1.37. The third-order valence-corrected chi connectivity index (χ3v) is 7.34. The van der Waals surface area contributed by atoms with E-state index in [-0.39, 0.29) is 11.2 Å². The highest BCUT2D eigenvalue weighted by molar-refractivity contribution is 8.76. The van der Waals surface area contributed by atoms with Gasteiger partial charge in [-0.15, -0.1) is 11.8 Å². The lowest BCUT2D eigenvalue weighted by molar-refractivity contribution is -0.142. The molecule has 0 amide bonds. The first kappa shape index (κ1) is 20.2. The number of ether oxygens (including phenoxy) is 1. The zero-order chi connectivity index (χ0) is 16.2. The smallest absolute Gasteiger partial charge is 0.320 e. The Labute approximate surface area is 153 Å². The molecule has 0 saturated heterocycles. The molecule has 0 saturated carbocycles. The van der Waals surface area contributed by atoms with E-state index in [1.807, 2.05) is 32.0 Å². The van der Waals surface area contributed by atoms with Crippen molar-refractivity contribution >= 4 is 66.8 Å². The van der Waals surface area contributed by atoms with Crippen molar-refractivity contribution in [1.29, 1.82) is 0 Å². The van der Waals surface area contributed by atoms with Crippen LogP contribution in [0.25, 0.3) is 0 Å². The third-order valence-electron chi connectivity index (χ3n) is 2.21. The van der Waals surface area contributed by atoms with E-state index in [2.05, 4.69) is 4.98 Å². The first-order valence-corrected chi connectivity index (χ1v) is 11.5. The standard InChI is InChI=1S/C14H19NO2S5/c1-3-9-17-13(16)11(21-14(18)19-4-2)10-20-22-12-7-5-6-8-15-12/h5-8,11H,3-4,9-10H2,1-2H3. The Morgan fingerprint density at radius 1 is 1.41 bits per heavy atom. The highest BCUT2D eigenvalue weighted by Gasteiger charge is 2.23. The number of thiocarbonyl (C=S) groups is 1. The van der Waals surface area contributed by atoms with Crippen LogP contribution in [0.15, 0.2) is 29.4 Å². The highest BCUT2D eigenvalue weighted by atomic mass is 33.1. The number of aromatic nitrogens is 1. The summed E-state index contributed by atoms with van der Waals surface area (Å²) in [6, 6.07) is 5.79. The summed E-state index contributed by atoms with van der Waals surface area (Å²) in [6.45, 7) is 4.49. The Balaban J connectivity index is 2.49. The number of thioether (sulfide) groups is 2. The Kier molecular flexibility index (Phi) is 11.5. The van der Waals surface area contributed by atoms with Crippen LogP contribution in [0.3, 0.4) is 0 Å². The second-order valence-corrected chi connectivity index (χ2v) is 10.0. The minimum atomic E-state index is -0.265. The average molecular weight is 394 g/mol. The minimum Gasteiger partial charge on any atom is -0.465 e. The van der Waals surface area contributed by atoms with Gasteiger partial charge < -0.3 is 4.74 Å². The molecule has 3 nitrogen and oxygen atoms in total. The van der Waals surface area contributed by atoms with Crippen LogP contribution >= 0.6 is 57.3 Å². The minimum absolute atomic E-state index is 0.181. The third kappa shape index (κ3) is 8.67. The van der Waals surface area contributed by atoms with Gasteiger partial charge in [0.05, 0.1) is 6.61 Å². The van der Waals surface area contributed by atoms with Crippen LogP contribution < -0.4 is 0 Å². The van der Waals surface area contributed by atoms with Crippen LogP contribution in [0.2, 0.25) is 0 Å². The van der Waals surface area contributed by atoms with Crippen molar-refractivity contribution in [3.05, 3.63) is 24.4 Å². The van der Waals surface area contributed by atoms with E-state index in [1.54, 1.807) is 39.5 Å². The first-order valence-electron chi connectivity index (χ1n) is 6.87. The molecule has 1 heterocycles. The van der Waals surface area contributed by atoms with Gasteiger partial charge in [-0.2, -0.15) is 0 Å². The molecule has 0 fully saturated rings. The fourth-order valence-electron chi connectivity index (χ4n) is 1.27. The highest BCUT2D eigenvalue weighted by Crippen LogP contribution is 2.33. The van der Waals surface area contributed by atoms with Gasteiger partial charge in [0.15, 0.2) is 0 Å². The van der Waals surface area contributed by atoms with Crippen LogP contribution in [0, 0.1) is 0 Å². The van der Waals surface area contributed by atoms with E-state index in [9.17, 15) is 4.79 Å². The number of rotatable bonds is 9. The average Bonchev–Trinajstić information content (AvgIpc) is 2.53. The topological polar surface area (TPSA) is 39.2 Å². The van der Waals surface area contributed by atoms with Crippen LogP contribution in [-0.4, -0.2) is 37.8 Å². The number of carbonyl (C=O) groups is 1. The number of pyridine rings is 1. The van der Waals surface area contributed by atoms with E-state index in [0.29, 0.717) is 12.4 Å². The summed E-state index contributed by atoms with van der Waals surface area (Å²) in [5.41, 5.74) is 0. The van der Waals surface area contributed by atoms with E-state index < -0.39 is 0 Å². The summed E-state index contributed by atoms with van der Waals surface area (Å²) >= 11 is 8.31. The van der Waals surface area contributed by atoms with Gasteiger partial charge in [-0.05, 0) is 35.1 Å². The molecule has 0 aliphatic heterocycles. The lowest BCUT2D eigenvalue weighted by Gasteiger charge is -2.14. The van der Waals surface area contributed by atoms with Gasteiger partial charge in [0.2, 0.25) is 0 Å². The van der Waals surface area contributed by atoms with E-state index >= 15 is 0 Å². The van der Waals surface area contributed by atoms with Crippen molar-refractivity contribution in [3.8, 4) is 0 Å². The predicted octanol–water partition coefficient (Wildman–Crippen LogP) is 4.91. The molecule has 0 N–H and O–H groups in total. The summed E-state index contributed by atoms with van der Waals surface area (Å²) in [6.07, 6.45) is 2.59. The maximum atomic E-state index is 12.1. The maximum Gasteiger partial charge on any atom is 0.320 e. The van der Waals surface area contributed by atoms with E-state index in [0.717, 1.165) is 20.7 Å². The second kappa shape index (κ2) is 12.5. The molecular formula is C14H19NO2S5. The van der Waals surface area contributed by atoms with E-state index in [1.165, 1.54) is 11.8 Å². The lowest BCUT2D eigenvalue weighted by atomic mass is 10.5. The van der Waals surface area contributed by atoms with Gasteiger partial charge in [-0.3, -0.25) is 4.79 Å². The van der Waals surface area contributed by atoms with Gasteiger partial charge >= 0.3 is 5.97 Å². The Bertz CT molecular complexity index is 458. The Morgan fingerprint density at radius 2 is 2.23 bits per heavy atom. The molecule has 0 aliphatic carbocycles. The molecule has 0 aliphatic rings. The summed E-state index contributed by atoms with van der Waals surface area (Å²) in [4.78, 5) is 16.4. The summed E-state index contributed by atoms with van der Waals surface area (Å²) < 4.78 is 6.06. The number of hydrogen-bond donors (Lipinski definition) is 0. The van der Waals surface area contributed by atoms with Gasteiger partial charge in [0, 0.05) is 11.9 Å². The zero-order valence-corrected chi connectivity index (χ0v) is 16.6. The second-order valence-electron chi connectivity index (χ2n) is 3.99. The molecule has 1 aromatic heterocycles. The number of hydrogen-bond acceptors (Lipinski definition) is 8. The molecule has 1 unspecified atom stereocenters. The number of carbonyl (C=O) groups excluding carboxylic acids is 1. The van der Waals surface area contributed by atoms with Crippen molar-refractivity contribution in [2.24, 2.45) is 0 Å². The largest absolute Gasteiger partial charge is 0.465 e. The van der Waals surface area contributed by atoms with Crippen LogP contribution in [-0.2, 0) is 9.53 Å². The van der Waals surface area contributed by atoms with Gasteiger partial charge in [0.1, 0.15) is 13.8 Å². The van der Waals surface area contributed by atoms with Crippen LogP contribution in [0.1, 0.15) is 20.3 Å². The molecule has 1 atom stereocenters. The van der Waals surface area contributed by atoms with Crippen LogP contribution in [0.4, 0.5) is 0 Å². The van der Waals surface area contributed by atoms with Crippen LogP contribution in [0.5, 0.6) is 0 Å².